The topological polar surface area (TPSA) is 65.5 Å². The Labute approximate surface area is 228 Å². The summed E-state index contributed by atoms with van der Waals surface area (Å²) in [5.41, 5.74) is 3.08. The van der Waals surface area contributed by atoms with Gasteiger partial charge in [0.2, 0.25) is 0 Å². The number of nitrogens with one attached hydrogen (secondary N) is 1. The van der Waals surface area contributed by atoms with E-state index in [4.69, 9.17) is 16.6 Å². The number of anilines is 1. The summed E-state index contributed by atoms with van der Waals surface area (Å²) in [7, 11) is 0. The largest absolute Gasteiger partial charge is 0.416 e. The zero-order chi connectivity index (χ0) is 27.7. The molecule has 1 N–H and O–H groups in total. The van der Waals surface area contributed by atoms with Gasteiger partial charge >= 0.3 is 12.2 Å². The number of alkyl halides is 3. The fraction of sp³-hybridized carbons (Fsp3) is 0.207. The molecule has 5 rings (SSSR count). The summed E-state index contributed by atoms with van der Waals surface area (Å²) < 4.78 is 38.4. The van der Waals surface area contributed by atoms with Gasteiger partial charge in [0, 0.05) is 42.8 Å². The monoisotopic (exact) mass is 552 g/mol. The minimum absolute atomic E-state index is 0.194. The Balaban J connectivity index is 1.31. The van der Waals surface area contributed by atoms with E-state index in [9.17, 15) is 22.8 Å². The van der Waals surface area contributed by atoms with Gasteiger partial charge < -0.3 is 15.1 Å². The van der Waals surface area contributed by atoms with Crippen LogP contribution in [-0.2, 0) is 6.18 Å². The zero-order valence-electron chi connectivity index (χ0n) is 20.9. The van der Waals surface area contributed by atoms with E-state index in [-0.39, 0.29) is 24.7 Å². The van der Waals surface area contributed by atoms with E-state index in [1.54, 1.807) is 23.1 Å². The number of nitrogens with zero attached hydrogens (tertiary/aromatic N) is 3. The van der Waals surface area contributed by atoms with Crippen LogP contribution in [-0.4, -0.2) is 52.9 Å². The lowest BCUT2D eigenvalue weighted by Gasteiger charge is -2.35. The molecule has 6 nitrogen and oxygen atoms in total. The number of rotatable bonds is 3. The average molecular weight is 553 g/mol. The van der Waals surface area contributed by atoms with Crippen LogP contribution in [0.5, 0.6) is 0 Å². The van der Waals surface area contributed by atoms with Gasteiger partial charge in [0.05, 0.1) is 27.4 Å². The van der Waals surface area contributed by atoms with Gasteiger partial charge in [0.1, 0.15) is 0 Å². The molecule has 0 radical (unpaired) electrons. The molecular formula is C29H24ClF3N4O2. The third kappa shape index (κ3) is 5.68. The molecule has 10 heteroatoms. The molecule has 39 heavy (non-hydrogen) atoms. The van der Waals surface area contributed by atoms with E-state index >= 15 is 0 Å². The van der Waals surface area contributed by atoms with Crippen molar-refractivity contribution in [2.75, 3.05) is 31.5 Å². The quantitative estimate of drug-likeness (QED) is 0.301. The third-order valence-electron chi connectivity index (χ3n) is 6.69. The SMILES string of the molecule is Cc1ccc(-c2cc(C(=O)N3CCN(C(=O)Nc4ccc(C(F)(F)F)cc4)CC3)c3cccc(Cl)c3n2)cc1. The maximum Gasteiger partial charge on any atom is 0.416 e. The molecule has 3 aromatic carbocycles. The Morgan fingerprint density at radius 1 is 0.897 bits per heavy atom. The predicted molar refractivity (Wildman–Crippen MR) is 145 cm³/mol. The Hall–Kier alpha value is -4.11. The predicted octanol–water partition coefficient (Wildman–Crippen LogP) is 6.87. The van der Waals surface area contributed by atoms with E-state index in [0.29, 0.717) is 40.3 Å². The summed E-state index contributed by atoms with van der Waals surface area (Å²) in [5.74, 6) is -0.194. The van der Waals surface area contributed by atoms with Gasteiger partial charge in [-0.3, -0.25) is 4.79 Å². The van der Waals surface area contributed by atoms with Crippen LogP contribution in [0.1, 0.15) is 21.5 Å². The van der Waals surface area contributed by atoms with E-state index in [1.807, 2.05) is 37.3 Å². The van der Waals surface area contributed by atoms with E-state index in [2.05, 4.69) is 5.32 Å². The lowest BCUT2D eigenvalue weighted by Crippen LogP contribution is -2.51. The van der Waals surface area contributed by atoms with Crippen LogP contribution < -0.4 is 5.32 Å². The highest BCUT2D eigenvalue weighted by Gasteiger charge is 2.30. The second-order valence-electron chi connectivity index (χ2n) is 9.34. The van der Waals surface area contributed by atoms with Crippen LogP contribution in [0, 0.1) is 6.92 Å². The minimum Gasteiger partial charge on any atom is -0.335 e. The summed E-state index contributed by atoms with van der Waals surface area (Å²) in [5, 5.41) is 3.71. The number of para-hydroxylation sites is 1. The molecule has 1 aromatic heterocycles. The van der Waals surface area contributed by atoms with E-state index in [0.717, 1.165) is 23.3 Å². The average Bonchev–Trinajstić information content (AvgIpc) is 2.93. The molecule has 1 fully saturated rings. The normalized spacial score (nSPS) is 14.0. The summed E-state index contributed by atoms with van der Waals surface area (Å²) in [6.45, 7) is 3.12. The van der Waals surface area contributed by atoms with Crippen LogP contribution in [0.3, 0.4) is 0 Å². The van der Waals surface area contributed by atoms with E-state index < -0.39 is 17.8 Å². The van der Waals surface area contributed by atoms with Gasteiger partial charge in [-0.15, -0.1) is 0 Å². The number of hydrogen-bond donors (Lipinski definition) is 1. The Kier molecular flexibility index (Phi) is 7.18. The maximum atomic E-state index is 13.7. The number of amides is 3. The standard InChI is InChI=1S/C29H24ClF3N4O2/c1-18-5-7-19(8-6-18)25-17-23(22-3-2-4-24(30)26(22)35-25)27(38)36-13-15-37(16-14-36)28(39)34-21-11-9-20(10-12-21)29(31,32)33/h2-12,17H,13-16H2,1H3,(H,34,39). The molecule has 2 heterocycles. The van der Waals surface area contributed by atoms with Gasteiger partial charge in [-0.25, -0.2) is 9.78 Å². The fourth-order valence-corrected chi connectivity index (χ4v) is 4.71. The molecule has 0 aliphatic carbocycles. The van der Waals surface area contributed by atoms with Crippen molar-refractivity contribution in [3.8, 4) is 11.3 Å². The Bertz CT molecular complexity index is 1530. The van der Waals surface area contributed by atoms with Crippen molar-refractivity contribution in [2.45, 2.75) is 13.1 Å². The van der Waals surface area contributed by atoms with Crippen LogP contribution in [0.2, 0.25) is 5.02 Å². The Morgan fingerprint density at radius 2 is 1.54 bits per heavy atom. The molecule has 0 atom stereocenters. The van der Waals surface area contributed by atoms with Crippen molar-refractivity contribution in [1.82, 2.24) is 14.8 Å². The van der Waals surface area contributed by atoms with Gasteiger partial charge in [0.25, 0.3) is 5.91 Å². The van der Waals surface area contributed by atoms with Gasteiger partial charge in [-0.2, -0.15) is 13.2 Å². The van der Waals surface area contributed by atoms with Crippen molar-refractivity contribution in [3.05, 3.63) is 94.5 Å². The number of carbonyl (C=O) groups excluding carboxylic acids is 2. The van der Waals surface area contributed by atoms with Gasteiger partial charge in [-0.1, -0.05) is 53.6 Å². The second kappa shape index (κ2) is 10.6. The van der Waals surface area contributed by atoms with Crippen molar-refractivity contribution in [3.63, 3.8) is 0 Å². The molecule has 1 saturated heterocycles. The third-order valence-corrected chi connectivity index (χ3v) is 6.99. The number of hydrogen-bond acceptors (Lipinski definition) is 3. The number of benzene rings is 3. The zero-order valence-corrected chi connectivity index (χ0v) is 21.7. The first-order chi connectivity index (χ1) is 18.6. The smallest absolute Gasteiger partial charge is 0.335 e. The van der Waals surface area contributed by atoms with Crippen molar-refractivity contribution in [1.29, 1.82) is 0 Å². The van der Waals surface area contributed by atoms with Crippen molar-refractivity contribution in [2.24, 2.45) is 0 Å². The number of pyridine rings is 1. The Morgan fingerprint density at radius 3 is 2.18 bits per heavy atom. The summed E-state index contributed by atoms with van der Waals surface area (Å²) in [6, 6.07) is 18.8. The summed E-state index contributed by atoms with van der Waals surface area (Å²) >= 11 is 6.46. The van der Waals surface area contributed by atoms with Crippen LogP contribution in [0.15, 0.2) is 72.8 Å². The number of fused-ring (bicyclic) bond motifs is 1. The lowest BCUT2D eigenvalue weighted by molar-refractivity contribution is -0.137. The number of piperazine rings is 1. The minimum atomic E-state index is -4.45. The molecular weight excluding hydrogens is 529 g/mol. The maximum absolute atomic E-state index is 13.7. The second-order valence-corrected chi connectivity index (χ2v) is 9.75. The lowest BCUT2D eigenvalue weighted by atomic mass is 10.0. The van der Waals surface area contributed by atoms with Crippen LogP contribution in [0.25, 0.3) is 22.2 Å². The summed E-state index contributed by atoms with van der Waals surface area (Å²) in [4.78, 5) is 34.3. The number of urea groups is 1. The van der Waals surface area contributed by atoms with Crippen molar-refractivity contribution < 1.29 is 22.8 Å². The molecule has 1 aliphatic rings. The molecule has 0 unspecified atom stereocenters. The first-order valence-corrected chi connectivity index (χ1v) is 12.7. The number of aryl methyl sites for hydroxylation is 1. The van der Waals surface area contributed by atoms with Gasteiger partial charge in [0.15, 0.2) is 0 Å². The number of carbonyl (C=O) groups is 2. The fourth-order valence-electron chi connectivity index (χ4n) is 4.49. The molecule has 4 aromatic rings. The number of halogens is 4. The molecule has 0 spiro atoms. The molecule has 0 saturated carbocycles. The molecule has 3 amide bonds. The number of aromatic nitrogens is 1. The first kappa shape index (κ1) is 26.5. The highest BCUT2D eigenvalue weighted by molar-refractivity contribution is 6.35. The van der Waals surface area contributed by atoms with Crippen LogP contribution >= 0.6 is 11.6 Å². The highest BCUT2D eigenvalue weighted by atomic mass is 35.5. The van der Waals surface area contributed by atoms with Crippen LogP contribution in [0.4, 0.5) is 23.7 Å². The molecule has 1 aliphatic heterocycles. The van der Waals surface area contributed by atoms with E-state index in [1.165, 1.54) is 17.0 Å². The molecule has 0 bridgehead atoms. The summed E-state index contributed by atoms with van der Waals surface area (Å²) in [6.07, 6.45) is -4.45. The molecule has 200 valence electrons. The van der Waals surface area contributed by atoms with Gasteiger partial charge in [-0.05, 0) is 43.3 Å². The highest BCUT2D eigenvalue weighted by Crippen LogP contribution is 2.31. The first-order valence-electron chi connectivity index (χ1n) is 12.3. The van der Waals surface area contributed by atoms with Crippen molar-refractivity contribution >= 4 is 40.1 Å².